The summed E-state index contributed by atoms with van der Waals surface area (Å²) in [5, 5.41) is 0. The molecule has 0 spiro atoms. The van der Waals surface area contributed by atoms with E-state index in [0.29, 0.717) is 0 Å². The van der Waals surface area contributed by atoms with Crippen LogP contribution in [0, 0.1) is 6.92 Å². The second-order valence-corrected chi connectivity index (χ2v) is 3.78. The molecular weight excluding hydrogens is 160 g/mol. The lowest BCUT2D eigenvalue weighted by atomic mass is 10.0. The zero-order chi connectivity index (χ0) is 8.84. The standard InChI is InChI=1S/C11H12N2/c1-8-4-5-9-3-2-6-13-7-12-10(8)11(9)13/h4-5,7H,2-3,6H2,1H3. The van der Waals surface area contributed by atoms with Crippen molar-refractivity contribution < 1.29 is 0 Å². The van der Waals surface area contributed by atoms with E-state index in [1.54, 1.807) is 0 Å². The molecule has 2 heterocycles. The topological polar surface area (TPSA) is 17.8 Å². The maximum absolute atomic E-state index is 4.45. The smallest absolute Gasteiger partial charge is 0.0958 e. The molecule has 13 heavy (non-hydrogen) atoms. The summed E-state index contributed by atoms with van der Waals surface area (Å²) in [5.41, 5.74) is 5.31. The molecule has 1 aromatic carbocycles. The molecule has 0 unspecified atom stereocenters. The molecule has 0 saturated carbocycles. The first-order valence-corrected chi connectivity index (χ1v) is 4.79. The predicted octanol–water partition coefficient (Wildman–Crippen LogP) is 2.29. The number of hydrogen-bond acceptors (Lipinski definition) is 1. The van der Waals surface area contributed by atoms with E-state index in [2.05, 4.69) is 28.6 Å². The summed E-state index contributed by atoms with van der Waals surface area (Å²) in [6, 6.07) is 4.43. The van der Waals surface area contributed by atoms with Gasteiger partial charge in [0.25, 0.3) is 0 Å². The van der Waals surface area contributed by atoms with Crippen molar-refractivity contribution in [1.29, 1.82) is 0 Å². The first kappa shape index (κ1) is 7.13. The number of imidazole rings is 1. The molecule has 0 saturated heterocycles. The molecular formula is C11H12N2. The van der Waals surface area contributed by atoms with Gasteiger partial charge in [0.05, 0.1) is 17.4 Å². The van der Waals surface area contributed by atoms with Crippen molar-refractivity contribution in [2.75, 3.05) is 0 Å². The largest absolute Gasteiger partial charge is 0.330 e. The maximum Gasteiger partial charge on any atom is 0.0958 e. The molecule has 0 bridgehead atoms. The Balaban J connectivity index is 2.50. The molecule has 2 aromatic rings. The van der Waals surface area contributed by atoms with Crippen molar-refractivity contribution >= 4 is 11.0 Å². The third-order valence-corrected chi connectivity index (χ3v) is 2.90. The summed E-state index contributed by atoms with van der Waals surface area (Å²) < 4.78 is 2.28. The number of aromatic nitrogens is 2. The van der Waals surface area contributed by atoms with Gasteiger partial charge in [0.1, 0.15) is 0 Å². The summed E-state index contributed by atoms with van der Waals surface area (Å²) in [5.74, 6) is 0. The van der Waals surface area contributed by atoms with E-state index >= 15 is 0 Å². The first-order chi connectivity index (χ1) is 6.36. The van der Waals surface area contributed by atoms with E-state index in [0.717, 1.165) is 6.54 Å². The van der Waals surface area contributed by atoms with Crippen LogP contribution < -0.4 is 0 Å². The molecule has 3 rings (SSSR count). The quantitative estimate of drug-likeness (QED) is 0.596. The van der Waals surface area contributed by atoms with E-state index in [1.165, 1.54) is 35.0 Å². The van der Waals surface area contributed by atoms with Gasteiger partial charge in [-0.2, -0.15) is 0 Å². The van der Waals surface area contributed by atoms with Gasteiger partial charge in [-0.25, -0.2) is 4.98 Å². The lowest BCUT2D eigenvalue weighted by Gasteiger charge is -2.14. The highest BCUT2D eigenvalue weighted by Crippen LogP contribution is 2.26. The molecule has 0 amide bonds. The highest BCUT2D eigenvalue weighted by atomic mass is 15.0. The van der Waals surface area contributed by atoms with Gasteiger partial charge in [-0.1, -0.05) is 12.1 Å². The molecule has 0 N–H and O–H groups in total. The Hall–Kier alpha value is -1.31. The zero-order valence-electron chi connectivity index (χ0n) is 7.75. The summed E-state index contributed by atoms with van der Waals surface area (Å²) in [4.78, 5) is 4.45. The van der Waals surface area contributed by atoms with E-state index < -0.39 is 0 Å². The molecule has 66 valence electrons. The van der Waals surface area contributed by atoms with Gasteiger partial charge in [0.2, 0.25) is 0 Å². The van der Waals surface area contributed by atoms with Crippen LogP contribution in [0.1, 0.15) is 17.5 Å². The molecule has 0 atom stereocenters. The highest BCUT2D eigenvalue weighted by Gasteiger charge is 2.13. The number of hydrogen-bond donors (Lipinski definition) is 0. The Bertz CT molecular complexity index is 468. The van der Waals surface area contributed by atoms with Gasteiger partial charge in [0, 0.05) is 6.54 Å². The van der Waals surface area contributed by atoms with Crippen molar-refractivity contribution in [1.82, 2.24) is 9.55 Å². The summed E-state index contributed by atoms with van der Waals surface area (Å²) in [7, 11) is 0. The SMILES string of the molecule is Cc1ccc2c3c1ncn3CCC2. The van der Waals surface area contributed by atoms with Gasteiger partial charge >= 0.3 is 0 Å². The van der Waals surface area contributed by atoms with Crippen molar-refractivity contribution in [3.63, 3.8) is 0 Å². The third kappa shape index (κ3) is 0.857. The average Bonchev–Trinajstić information content (AvgIpc) is 2.57. The third-order valence-electron chi connectivity index (χ3n) is 2.90. The first-order valence-electron chi connectivity index (χ1n) is 4.79. The molecule has 1 aliphatic heterocycles. The van der Waals surface area contributed by atoms with E-state index in [9.17, 15) is 0 Å². The second kappa shape index (κ2) is 2.34. The average molecular weight is 172 g/mol. The van der Waals surface area contributed by atoms with Gasteiger partial charge in [-0.15, -0.1) is 0 Å². The minimum absolute atomic E-state index is 1.13. The number of benzene rings is 1. The molecule has 0 fully saturated rings. The summed E-state index contributed by atoms with van der Waals surface area (Å²) in [6.45, 7) is 3.26. The van der Waals surface area contributed by atoms with Crippen molar-refractivity contribution in [3.05, 3.63) is 29.6 Å². The highest BCUT2D eigenvalue weighted by molar-refractivity contribution is 5.82. The van der Waals surface area contributed by atoms with Crippen LogP contribution in [0.2, 0.25) is 0 Å². The maximum atomic E-state index is 4.45. The van der Waals surface area contributed by atoms with Crippen LogP contribution in [0.15, 0.2) is 18.5 Å². The van der Waals surface area contributed by atoms with Gasteiger partial charge in [-0.05, 0) is 30.9 Å². The fourth-order valence-corrected chi connectivity index (χ4v) is 2.20. The van der Waals surface area contributed by atoms with Crippen LogP contribution >= 0.6 is 0 Å². The predicted molar refractivity (Wildman–Crippen MR) is 52.8 cm³/mol. The Kier molecular flexibility index (Phi) is 1.29. The van der Waals surface area contributed by atoms with Gasteiger partial charge in [0.15, 0.2) is 0 Å². The van der Waals surface area contributed by atoms with Crippen LogP contribution in [0.3, 0.4) is 0 Å². The minimum atomic E-state index is 1.13. The fraction of sp³-hybridized carbons (Fsp3) is 0.364. The fourth-order valence-electron chi connectivity index (χ4n) is 2.20. The second-order valence-electron chi connectivity index (χ2n) is 3.78. The van der Waals surface area contributed by atoms with Crippen LogP contribution in [-0.2, 0) is 13.0 Å². The molecule has 2 nitrogen and oxygen atoms in total. The monoisotopic (exact) mass is 172 g/mol. The van der Waals surface area contributed by atoms with E-state index in [1.807, 2.05) is 6.33 Å². The summed E-state index contributed by atoms with van der Waals surface area (Å²) in [6.07, 6.45) is 4.43. The van der Waals surface area contributed by atoms with Crippen LogP contribution in [-0.4, -0.2) is 9.55 Å². The molecule has 1 aromatic heterocycles. The normalized spacial score (nSPS) is 15.2. The Morgan fingerprint density at radius 2 is 2.31 bits per heavy atom. The Morgan fingerprint density at radius 3 is 3.23 bits per heavy atom. The van der Waals surface area contributed by atoms with Crippen LogP contribution in [0.25, 0.3) is 11.0 Å². The Morgan fingerprint density at radius 1 is 1.38 bits per heavy atom. The number of nitrogens with zero attached hydrogens (tertiary/aromatic N) is 2. The van der Waals surface area contributed by atoms with Crippen molar-refractivity contribution in [3.8, 4) is 0 Å². The lowest BCUT2D eigenvalue weighted by Crippen LogP contribution is -2.06. The lowest BCUT2D eigenvalue weighted by molar-refractivity contribution is 0.632. The van der Waals surface area contributed by atoms with Crippen molar-refractivity contribution in [2.45, 2.75) is 26.3 Å². The molecule has 0 radical (unpaired) electrons. The van der Waals surface area contributed by atoms with Crippen molar-refractivity contribution in [2.24, 2.45) is 0 Å². The number of aryl methyl sites for hydroxylation is 3. The molecule has 2 heteroatoms. The van der Waals surface area contributed by atoms with E-state index in [4.69, 9.17) is 0 Å². The van der Waals surface area contributed by atoms with Gasteiger partial charge < -0.3 is 4.57 Å². The van der Waals surface area contributed by atoms with Crippen LogP contribution in [0.4, 0.5) is 0 Å². The van der Waals surface area contributed by atoms with Gasteiger partial charge in [-0.3, -0.25) is 0 Å². The molecule has 0 aliphatic carbocycles. The minimum Gasteiger partial charge on any atom is -0.330 e. The van der Waals surface area contributed by atoms with E-state index in [-0.39, 0.29) is 0 Å². The van der Waals surface area contributed by atoms with Crippen LogP contribution in [0.5, 0.6) is 0 Å². The zero-order valence-corrected chi connectivity index (χ0v) is 7.75. The summed E-state index contributed by atoms with van der Waals surface area (Å²) >= 11 is 0. The Labute approximate surface area is 77.2 Å². The molecule has 1 aliphatic rings. The number of rotatable bonds is 0.